The molecule has 47 heavy (non-hydrogen) atoms. The van der Waals surface area contributed by atoms with Gasteiger partial charge in [-0.2, -0.15) is 0 Å². The van der Waals surface area contributed by atoms with Crippen molar-refractivity contribution in [1.82, 2.24) is 14.8 Å². The topological polar surface area (TPSA) is 78.2 Å². The van der Waals surface area contributed by atoms with Gasteiger partial charge >= 0.3 is 0 Å². The quantitative estimate of drug-likeness (QED) is 0.399. The van der Waals surface area contributed by atoms with Gasteiger partial charge in [0.2, 0.25) is 5.91 Å². The van der Waals surface area contributed by atoms with E-state index >= 15 is 0 Å². The lowest BCUT2D eigenvalue weighted by atomic mass is 9.59. The summed E-state index contributed by atoms with van der Waals surface area (Å²) in [4.78, 5) is 27.3. The fourth-order valence-corrected chi connectivity index (χ4v) is 9.53. The van der Waals surface area contributed by atoms with Crippen LogP contribution < -0.4 is 15.5 Å². The number of hydrogen-bond acceptors (Lipinski definition) is 7. The molecule has 8 rings (SSSR count). The van der Waals surface area contributed by atoms with Crippen LogP contribution in [0.4, 0.5) is 11.5 Å². The first-order chi connectivity index (χ1) is 23.0. The Morgan fingerprint density at radius 1 is 0.872 bits per heavy atom. The number of pyridine rings is 1. The zero-order valence-corrected chi connectivity index (χ0v) is 27.9. The molecule has 4 fully saturated rings. The number of piperidine rings is 1. The Labute approximate surface area is 279 Å². The van der Waals surface area contributed by atoms with E-state index in [4.69, 9.17) is 15.5 Å². The first kappa shape index (κ1) is 30.8. The van der Waals surface area contributed by atoms with E-state index in [0.717, 1.165) is 71.7 Å². The monoisotopic (exact) mass is 634 g/mol. The number of aromatic nitrogens is 1. The Bertz CT molecular complexity index is 1560. The Balaban J connectivity index is 0.961. The predicted octanol–water partition coefficient (Wildman–Crippen LogP) is 5.21. The lowest BCUT2D eigenvalue weighted by Gasteiger charge is -2.59. The summed E-state index contributed by atoms with van der Waals surface area (Å²) < 4.78 is 5.74. The lowest BCUT2D eigenvalue weighted by molar-refractivity contribution is -0.0674. The van der Waals surface area contributed by atoms with E-state index in [1.165, 1.54) is 53.9 Å². The third-order valence-corrected chi connectivity index (χ3v) is 12.3. The molecule has 1 aromatic heterocycles. The summed E-state index contributed by atoms with van der Waals surface area (Å²) in [5.41, 5.74) is 12.0. The van der Waals surface area contributed by atoms with Crippen molar-refractivity contribution >= 4 is 17.4 Å². The summed E-state index contributed by atoms with van der Waals surface area (Å²) in [5.74, 6) is 0.844. The molecule has 0 bridgehead atoms. The molecule has 8 heteroatoms. The van der Waals surface area contributed by atoms with Crippen LogP contribution in [-0.2, 0) is 11.2 Å². The van der Waals surface area contributed by atoms with Crippen LogP contribution in [0.1, 0.15) is 71.6 Å². The van der Waals surface area contributed by atoms with Crippen molar-refractivity contribution in [2.24, 2.45) is 11.1 Å². The molecule has 5 heterocycles. The molecule has 0 unspecified atom stereocenters. The average Bonchev–Trinajstić information content (AvgIpc) is 3.10. The fraction of sp³-hybridized carbons (Fsp3) is 0.538. The van der Waals surface area contributed by atoms with Gasteiger partial charge in [-0.05, 0) is 104 Å². The molecule has 2 atom stereocenters. The number of nitrogens with zero attached hydrogens (tertiary/aromatic N) is 5. The molecule has 4 aliphatic heterocycles. The molecular weight excluding hydrogens is 584 g/mol. The standard InChI is InChI=1S/C39H50N6O2/c1-28-5-2-3-7-35(28)36-27-43(33-23-30-6-4-16-41-38(30)45(26-33)32-12-21-47-22-13-32)19-20-44(36)34-24-39(25-34)14-17-42(18-15-39)31-10-8-29(9-11-31)37(40)46/h2-11,16,32-34,36H,12-15,17-27H2,1H3,(H2,40,46)/t33-,36-/m0/s1. The summed E-state index contributed by atoms with van der Waals surface area (Å²) in [7, 11) is 0. The summed E-state index contributed by atoms with van der Waals surface area (Å²) in [6, 6.07) is 23.5. The number of carbonyl (C=O) groups is 1. The van der Waals surface area contributed by atoms with Gasteiger partial charge in [-0.25, -0.2) is 4.98 Å². The number of primary amides is 1. The highest BCUT2D eigenvalue weighted by atomic mass is 16.5. The Morgan fingerprint density at radius 2 is 1.64 bits per heavy atom. The number of nitrogens with two attached hydrogens (primary N) is 1. The van der Waals surface area contributed by atoms with E-state index in [0.29, 0.717) is 35.1 Å². The van der Waals surface area contributed by atoms with Crippen LogP contribution in [-0.4, -0.2) is 91.3 Å². The van der Waals surface area contributed by atoms with Crippen LogP contribution in [0.25, 0.3) is 0 Å². The molecule has 5 aliphatic rings. The Morgan fingerprint density at radius 3 is 2.38 bits per heavy atom. The fourth-order valence-electron chi connectivity index (χ4n) is 9.53. The number of carbonyl (C=O) groups excluding carboxylic acids is 1. The smallest absolute Gasteiger partial charge is 0.248 e. The average molecular weight is 635 g/mol. The third-order valence-electron chi connectivity index (χ3n) is 12.3. The third kappa shape index (κ3) is 6.05. The second-order valence-electron chi connectivity index (χ2n) is 14.9. The minimum Gasteiger partial charge on any atom is -0.381 e. The Hall–Kier alpha value is -3.46. The van der Waals surface area contributed by atoms with Crippen LogP contribution in [0.3, 0.4) is 0 Å². The molecular formula is C39H50N6O2. The second kappa shape index (κ2) is 12.9. The normalized spacial score (nSPS) is 25.8. The summed E-state index contributed by atoms with van der Waals surface area (Å²) in [5, 5.41) is 0. The summed E-state index contributed by atoms with van der Waals surface area (Å²) in [6.45, 7) is 10.6. The van der Waals surface area contributed by atoms with Crippen molar-refractivity contribution in [3.05, 3.63) is 89.1 Å². The van der Waals surface area contributed by atoms with Crippen LogP contribution in [0.2, 0.25) is 0 Å². The minimum atomic E-state index is -0.363. The van der Waals surface area contributed by atoms with Crippen LogP contribution in [0.5, 0.6) is 0 Å². The van der Waals surface area contributed by atoms with Gasteiger partial charge in [0.25, 0.3) is 0 Å². The number of rotatable bonds is 6. The zero-order valence-electron chi connectivity index (χ0n) is 27.9. The SMILES string of the molecule is Cc1ccccc1[C@@H]1CN([C@H]2Cc3cccnc3N(C3CCOCC3)C2)CCN1C1CC2(CCN(c3ccc(C(N)=O)cc3)CC2)C1. The Kier molecular flexibility index (Phi) is 8.44. The lowest BCUT2D eigenvalue weighted by Crippen LogP contribution is -2.62. The van der Waals surface area contributed by atoms with Gasteiger partial charge in [0.15, 0.2) is 0 Å². The maximum atomic E-state index is 11.5. The van der Waals surface area contributed by atoms with E-state index < -0.39 is 0 Å². The van der Waals surface area contributed by atoms with Gasteiger partial charge in [-0.15, -0.1) is 0 Å². The zero-order chi connectivity index (χ0) is 32.0. The molecule has 2 N–H and O–H groups in total. The summed E-state index contributed by atoms with van der Waals surface area (Å²) >= 11 is 0. The van der Waals surface area contributed by atoms with Crippen molar-refractivity contribution < 1.29 is 9.53 Å². The summed E-state index contributed by atoms with van der Waals surface area (Å²) in [6.07, 6.45) is 10.3. The molecule has 3 aromatic rings. The first-order valence-corrected chi connectivity index (χ1v) is 17.9. The highest BCUT2D eigenvalue weighted by Gasteiger charge is 2.50. The number of hydrogen-bond donors (Lipinski definition) is 1. The molecule has 3 saturated heterocycles. The van der Waals surface area contributed by atoms with Crippen LogP contribution in [0.15, 0.2) is 66.9 Å². The van der Waals surface area contributed by atoms with Gasteiger partial charge in [0, 0.05) is 94.1 Å². The second-order valence-corrected chi connectivity index (χ2v) is 14.9. The van der Waals surface area contributed by atoms with Crippen LogP contribution >= 0.6 is 0 Å². The highest BCUT2D eigenvalue weighted by molar-refractivity contribution is 5.93. The van der Waals surface area contributed by atoms with Crippen molar-refractivity contribution in [3.8, 4) is 0 Å². The molecule has 8 nitrogen and oxygen atoms in total. The van der Waals surface area contributed by atoms with Crippen molar-refractivity contribution in [2.45, 2.75) is 76.0 Å². The van der Waals surface area contributed by atoms with E-state index in [9.17, 15) is 4.79 Å². The van der Waals surface area contributed by atoms with Gasteiger partial charge in [0.05, 0.1) is 0 Å². The predicted molar refractivity (Wildman–Crippen MR) is 187 cm³/mol. The van der Waals surface area contributed by atoms with Crippen molar-refractivity contribution in [3.63, 3.8) is 0 Å². The van der Waals surface area contributed by atoms with Gasteiger partial charge in [-0.1, -0.05) is 30.3 Å². The van der Waals surface area contributed by atoms with Gasteiger partial charge in [0.1, 0.15) is 5.82 Å². The highest BCUT2D eigenvalue weighted by Crippen LogP contribution is 2.53. The molecule has 2 aromatic carbocycles. The van der Waals surface area contributed by atoms with Gasteiger partial charge < -0.3 is 20.3 Å². The molecule has 1 spiro atoms. The molecule has 0 radical (unpaired) electrons. The maximum Gasteiger partial charge on any atom is 0.248 e. The van der Waals surface area contributed by atoms with Crippen LogP contribution in [0, 0.1) is 12.3 Å². The van der Waals surface area contributed by atoms with E-state index in [2.05, 4.69) is 75.1 Å². The molecule has 1 amide bonds. The van der Waals surface area contributed by atoms with E-state index in [1.807, 2.05) is 18.3 Å². The number of amides is 1. The van der Waals surface area contributed by atoms with Crippen molar-refractivity contribution in [2.75, 3.05) is 62.3 Å². The number of anilines is 2. The molecule has 1 saturated carbocycles. The molecule has 248 valence electrons. The number of ether oxygens (including phenoxy) is 1. The van der Waals surface area contributed by atoms with Crippen molar-refractivity contribution in [1.29, 1.82) is 0 Å². The minimum absolute atomic E-state index is 0.363. The number of aryl methyl sites for hydroxylation is 1. The largest absolute Gasteiger partial charge is 0.381 e. The number of piperazine rings is 1. The number of benzene rings is 2. The van der Waals surface area contributed by atoms with Gasteiger partial charge in [-0.3, -0.25) is 14.6 Å². The van der Waals surface area contributed by atoms with E-state index in [1.54, 1.807) is 0 Å². The molecule has 1 aliphatic carbocycles. The number of fused-ring (bicyclic) bond motifs is 1. The maximum absolute atomic E-state index is 11.5. The van der Waals surface area contributed by atoms with E-state index in [-0.39, 0.29) is 5.91 Å². The first-order valence-electron chi connectivity index (χ1n) is 17.9.